The van der Waals surface area contributed by atoms with Crippen LogP contribution in [0.2, 0.25) is 5.02 Å². The zero-order chi connectivity index (χ0) is 30.7. The molecular formula is C35H45Cl2N3O3. The Morgan fingerprint density at radius 1 is 1.05 bits per heavy atom. The lowest BCUT2D eigenvalue weighted by molar-refractivity contribution is -0.125. The molecule has 3 unspecified atom stereocenters. The van der Waals surface area contributed by atoms with E-state index in [4.69, 9.17) is 23.2 Å². The van der Waals surface area contributed by atoms with E-state index in [-0.39, 0.29) is 29.0 Å². The number of amides is 2. The first-order valence-corrected chi connectivity index (χ1v) is 16.4. The summed E-state index contributed by atoms with van der Waals surface area (Å²) >= 11 is 12.1. The molecule has 1 fully saturated rings. The van der Waals surface area contributed by atoms with Crippen molar-refractivity contribution in [3.05, 3.63) is 94.5 Å². The molecule has 1 aliphatic heterocycles. The van der Waals surface area contributed by atoms with Gasteiger partial charge in [-0.3, -0.25) is 9.59 Å². The largest absolute Gasteiger partial charge is 0.385 e. The average molecular weight is 627 g/mol. The molecule has 2 amide bonds. The second kappa shape index (κ2) is 16.4. The molecule has 1 saturated heterocycles. The Balaban J connectivity index is 1.22. The quantitative estimate of drug-likeness (QED) is 0.210. The second-order valence-electron chi connectivity index (χ2n) is 11.8. The summed E-state index contributed by atoms with van der Waals surface area (Å²) in [5.74, 6) is -0.0821. The fourth-order valence-corrected chi connectivity index (χ4v) is 6.29. The highest BCUT2D eigenvalue weighted by molar-refractivity contribution is 6.30. The molecule has 0 spiro atoms. The number of hydrogen-bond acceptors (Lipinski definition) is 4. The molecule has 6 nitrogen and oxygen atoms in total. The molecule has 2 aliphatic rings. The molecule has 3 atom stereocenters. The van der Waals surface area contributed by atoms with Crippen LogP contribution in [0.3, 0.4) is 0 Å². The van der Waals surface area contributed by atoms with Crippen molar-refractivity contribution in [1.82, 2.24) is 15.5 Å². The minimum Gasteiger partial charge on any atom is -0.385 e. The molecule has 232 valence electrons. The number of nitrogens with one attached hydrogen (secondary N) is 2. The molecule has 43 heavy (non-hydrogen) atoms. The Morgan fingerprint density at radius 2 is 1.77 bits per heavy atom. The normalized spacial score (nSPS) is 19.7. The van der Waals surface area contributed by atoms with Gasteiger partial charge in [-0.05, 0) is 86.9 Å². The molecule has 8 heteroatoms. The van der Waals surface area contributed by atoms with Crippen LogP contribution in [0.15, 0.2) is 78.4 Å². The summed E-state index contributed by atoms with van der Waals surface area (Å²) in [6.45, 7) is 5.72. The van der Waals surface area contributed by atoms with Crippen molar-refractivity contribution in [1.29, 1.82) is 0 Å². The number of nitrogens with zero attached hydrogens (tertiary/aromatic N) is 1. The predicted octanol–water partition coefficient (Wildman–Crippen LogP) is 6.49. The Labute approximate surface area is 266 Å². The Bertz CT molecular complexity index is 1240. The van der Waals surface area contributed by atoms with Crippen LogP contribution >= 0.6 is 23.2 Å². The number of alkyl halides is 1. The summed E-state index contributed by atoms with van der Waals surface area (Å²) in [5.41, 5.74) is 2.04. The fourth-order valence-electron chi connectivity index (χ4n) is 6.00. The number of allylic oxidation sites excluding steroid dienone is 2. The lowest BCUT2D eigenvalue weighted by atomic mass is 9.81. The molecule has 0 aromatic heterocycles. The van der Waals surface area contributed by atoms with Gasteiger partial charge in [-0.1, -0.05) is 67.1 Å². The van der Waals surface area contributed by atoms with Crippen LogP contribution in [0.25, 0.3) is 0 Å². The van der Waals surface area contributed by atoms with E-state index < -0.39 is 5.60 Å². The first-order valence-electron chi connectivity index (χ1n) is 15.6. The van der Waals surface area contributed by atoms with Crippen LogP contribution in [0.1, 0.15) is 73.7 Å². The molecule has 0 radical (unpaired) electrons. The maximum Gasteiger partial charge on any atom is 0.251 e. The van der Waals surface area contributed by atoms with Gasteiger partial charge in [0.2, 0.25) is 5.91 Å². The molecule has 0 bridgehead atoms. The molecule has 4 rings (SSSR count). The molecule has 0 saturated carbocycles. The number of hydrogen-bond donors (Lipinski definition) is 3. The number of carbonyl (C=O) groups is 2. The summed E-state index contributed by atoms with van der Waals surface area (Å²) < 4.78 is 0. The first-order chi connectivity index (χ1) is 20.8. The fraction of sp³-hybridized carbons (Fsp3) is 0.486. The highest BCUT2D eigenvalue weighted by atomic mass is 35.5. The number of carbonyl (C=O) groups excluding carboxylic acids is 2. The first kappa shape index (κ1) is 33.3. The molecule has 2 aromatic carbocycles. The van der Waals surface area contributed by atoms with Crippen LogP contribution in [0.5, 0.6) is 0 Å². The van der Waals surface area contributed by atoms with Crippen molar-refractivity contribution < 1.29 is 14.7 Å². The number of benzene rings is 2. The van der Waals surface area contributed by atoms with Gasteiger partial charge in [0.1, 0.15) is 0 Å². The standard InChI is InChI=1S/C35H45Cl2N3O3/c1-2-26(18-21-38-34(42)28-10-14-31(36)15-11-28)33(41)39-25-29(27-7-4-3-5-8-27)9-6-22-40-23-19-35(43,20-24-40)30-12-16-32(37)17-13-30/h3-5,7-8,10-16,26,29,32,43H,2,6,9,17-25H2,1H3,(H,38,42)(H,39,41). The van der Waals surface area contributed by atoms with Gasteiger partial charge in [-0.15, -0.1) is 11.6 Å². The highest BCUT2D eigenvalue weighted by Gasteiger charge is 2.35. The number of aliphatic hydroxyl groups is 1. The highest BCUT2D eigenvalue weighted by Crippen LogP contribution is 2.33. The van der Waals surface area contributed by atoms with E-state index >= 15 is 0 Å². The number of piperidine rings is 1. The third kappa shape index (κ3) is 9.94. The Kier molecular flexibility index (Phi) is 12.7. The number of halogens is 2. The maximum atomic E-state index is 13.1. The van der Waals surface area contributed by atoms with Gasteiger partial charge in [0.15, 0.2) is 0 Å². The second-order valence-corrected chi connectivity index (χ2v) is 12.8. The lowest BCUT2D eigenvalue weighted by Gasteiger charge is -2.40. The predicted molar refractivity (Wildman–Crippen MR) is 176 cm³/mol. The summed E-state index contributed by atoms with van der Waals surface area (Å²) in [6, 6.07) is 17.2. The molecule has 1 aliphatic carbocycles. The smallest absolute Gasteiger partial charge is 0.251 e. The SMILES string of the molecule is CCC(CCNC(=O)c1ccc(Cl)cc1)C(=O)NCC(CCCN1CCC(O)(C2=CCC(Cl)C=C2)CC1)c1ccccc1. The van der Waals surface area contributed by atoms with Crippen molar-refractivity contribution in [2.45, 2.75) is 68.8 Å². The van der Waals surface area contributed by atoms with Crippen molar-refractivity contribution >= 4 is 35.0 Å². The zero-order valence-corrected chi connectivity index (χ0v) is 26.6. The van der Waals surface area contributed by atoms with E-state index in [1.54, 1.807) is 24.3 Å². The third-order valence-corrected chi connectivity index (χ3v) is 9.41. The van der Waals surface area contributed by atoms with Crippen LogP contribution < -0.4 is 10.6 Å². The van der Waals surface area contributed by atoms with Crippen LogP contribution in [-0.2, 0) is 4.79 Å². The third-order valence-electron chi connectivity index (χ3n) is 8.84. The van der Waals surface area contributed by atoms with Crippen LogP contribution in [0, 0.1) is 5.92 Å². The summed E-state index contributed by atoms with van der Waals surface area (Å²) in [7, 11) is 0. The minimum atomic E-state index is -0.755. The van der Waals surface area contributed by atoms with Crippen molar-refractivity contribution in [3.63, 3.8) is 0 Å². The summed E-state index contributed by atoms with van der Waals surface area (Å²) in [5, 5.41) is 18.0. The van der Waals surface area contributed by atoms with Crippen molar-refractivity contribution in [2.75, 3.05) is 32.7 Å². The van der Waals surface area contributed by atoms with Gasteiger partial charge >= 0.3 is 0 Å². The molecular weight excluding hydrogens is 581 g/mol. The van der Waals surface area contributed by atoms with Gasteiger partial charge in [-0.25, -0.2) is 0 Å². The number of likely N-dealkylation sites (tertiary alicyclic amines) is 1. The van der Waals surface area contributed by atoms with E-state index in [0.29, 0.717) is 36.5 Å². The van der Waals surface area contributed by atoms with Crippen molar-refractivity contribution in [3.8, 4) is 0 Å². The average Bonchev–Trinajstić information content (AvgIpc) is 3.02. The van der Waals surface area contributed by atoms with Gasteiger partial charge in [0.05, 0.1) is 11.0 Å². The van der Waals surface area contributed by atoms with Crippen LogP contribution in [-0.4, -0.2) is 65.5 Å². The monoisotopic (exact) mass is 625 g/mol. The maximum absolute atomic E-state index is 13.1. The minimum absolute atomic E-state index is 0.0241. The summed E-state index contributed by atoms with van der Waals surface area (Å²) in [4.78, 5) is 28.0. The molecule has 1 heterocycles. The Hall–Kier alpha value is -2.64. The number of rotatable bonds is 14. The van der Waals surface area contributed by atoms with E-state index in [0.717, 1.165) is 57.3 Å². The van der Waals surface area contributed by atoms with E-state index in [9.17, 15) is 14.7 Å². The van der Waals surface area contributed by atoms with E-state index in [1.807, 2.05) is 25.1 Å². The van der Waals surface area contributed by atoms with E-state index in [2.05, 4.69) is 45.9 Å². The summed E-state index contributed by atoms with van der Waals surface area (Å²) in [6.07, 6.45) is 11.6. The zero-order valence-electron chi connectivity index (χ0n) is 25.1. The van der Waals surface area contributed by atoms with Gasteiger partial charge in [0, 0.05) is 48.6 Å². The lowest BCUT2D eigenvalue weighted by Crippen LogP contribution is -2.45. The van der Waals surface area contributed by atoms with Crippen LogP contribution in [0.4, 0.5) is 0 Å². The van der Waals surface area contributed by atoms with Gasteiger partial charge in [0.25, 0.3) is 5.91 Å². The molecule has 3 N–H and O–H groups in total. The van der Waals surface area contributed by atoms with Gasteiger partial charge < -0.3 is 20.6 Å². The van der Waals surface area contributed by atoms with Crippen molar-refractivity contribution in [2.24, 2.45) is 5.92 Å². The van der Waals surface area contributed by atoms with E-state index in [1.165, 1.54) is 5.56 Å². The topological polar surface area (TPSA) is 81.7 Å². The Morgan fingerprint density at radius 3 is 2.42 bits per heavy atom. The van der Waals surface area contributed by atoms with Gasteiger partial charge in [-0.2, -0.15) is 0 Å². The molecule has 2 aromatic rings.